The van der Waals surface area contributed by atoms with Crippen LogP contribution in [0.1, 0.15) is 37.5 Å². The second-order valence-electron chi connectivity index (χ2n) is 6.33. The average molecular weight is 260 g/mol. The lowest BCUT2D eigenvalue weighted by molar-refractivity contribution is -0.125. The quantitative estimate of drug-likeness (QED) is 0.842. The zero-order valence-corrected chi connectivity index (χ0v) is 12.8. The van der Waals surface area contributed by atoms with E-state index in [0.29, 0.717) is 6.04 Å². The van der Waals surface area contributed by atoms with Gasteiger partial charge >= 0.3 is 0 Å². The van der Waals surface area contributed by atoms with Gasteiger partial charge in [0.1, 0.15) is 0 Å². The van der Waals surface area contributed by atoms with Crippen LogP contribution in [0.3, 0.4) is 0 Å². The van der Waals surface area contributed by atoms with E-state index in [1.165, 1.54) is 16.7 Å². The Morgan fingerprint density at radius 2 is 1.74 bits per heavy atom. The SMILES string of the molecule is Cc1cc(C)c(N2CC(C)NC(C)(C)C2=O)c(C)c1. The smallest absolute Gasteiger partial charge is 0.246 e. The summed E-state index contributed by atoms with van der Waals surface area (Å²) in [6.45, 7) is 13.0. The molecule has 0 radical (unpaired) electrons. The Morgan fingerprint density at radius 3 is 2.26 bits per heavy atom. The van der Waals surface area contributed by atoms with Crippen molar-refractivity contribution in [3.63, 3.8) is 0 Å². The molecule has 1 N–H and O–H groups in total. The lowest BCUT2D eigenvalue weighted by atomic mass is 9.95. The van der Waals surface area contributed by atoms with Gasteiger partial charge in [0.05, 0.1) is 5.54 Å². The molecular formula is C16H24N2O. The van der Waals surface area contributed by atoms with E-state index in [2.05, 4.69) is 45.1 Å². The van der Waals surface area contributed by atoms with Crippen LogP contribution in [0, 0.1) is 20.8 Å². The van der Waals surface area contributed by atoms with Crippen LogP contribution < -0.4 is 10.2 Å². The molecule has 1 unspecified atom stereocenters. The number of piperazine rings is 1. The number of aryl methyl sites for hydroxylation is 3. The molecule has 1 aliphatic heterocycles. The molecule has 3 nitrogen and oxygen atoms in total. The number of nitrogens with one attached hydrogen (secondary N) is 1. The van der Waals surface area contributed by atoms with Crippen molar-refractivity contribution in [2.45, 2.75) is 53.1 Å². The van der Waals surface area contributed by atoms with Crippen molar-refractivity contribution < 1.29 is 4.79 Å². The summed E-state index contributed by atoms with van der Waals surface area (Å²) in [5, 5.41) is 3.36. The molecular weight excluding hydrogens is 236 g/mol. The Balaban J connectivity index is 2.49. The van der Waals surface area contributed by atoms with Gasteiger partial charge < -0.3 is 4.90 Å². The Morgan fingerprint density at radius 1 is 1.21 bits per heavy atom. The summed E-state index contributed by atoms with van der Waals surface area (Å²) >= 11 is 0. The van der Waals surface area contributed by atoms with Crippen molar-refractivity contribution in [3.8, 4) is 0 Å². The van der Waals surface area contributed by atoms with Gasteiger partial charge in [-0.05, 0) is 52.7 Å². The van der Waals surface area contributed by atoms with Gasteiger partial charge in [0, 0.05) is 18.3 Å². The van der Waals surface area contributed by atoms with Crippen LogP contribution in [0.15, 0.2) is 12.1 Å². The third-order valence-electron chi connectivity index (χ3n) is 3.75. The van der Waals surface area contributed by atoms with Crippen molar-refractivity contribution in [2.24, 2.45) is 0 Å². The lowest BCUT2D eigenvalue weighted by Gasteiger charge is -2.42. The highest BCUT2D eigenvalue weighted by Crippen LogP contribution is 2.30. The Labute approximate surface area is 116 Å². The van der Waals surface area contributed by atoms with E-state index in [0.717, 1.165) is 12.2 Å². The largest absolute Gasteiger partial charge is 0.309 e. The first-order chi connectivity index (χ1) is 8.72. The third-order valence-corrected chi connectivity index (χ3v) is 3.75. The van der Waals surface area contributed by atoms with Crippen LogP contribution >= 0.6 is 0 Å². The molecule has 0 saturated carbocycles. The fourth-order valence-corrected chi connectivity index (χ4v) is 3.21. The predicted octanol–water partition coefficient (Wildman–Crippen LogP) is 2.72. The van der Waals surface area contributed by atoms with E-state index in [1.807, 2.05) is 18.7 Å². The molecule has 1 aromatic carbocycles. The van der Waals surface area contributed by atoms with Crippen LogP contribution in [0.2, 0.25) is 0 Å². The van der Waals surface area contributed by atoms with Gasteiger partial charge in [0.25, 0.3) is 0 Å². The molecule has 104 valence electrons. The Hall–Kier alpha value is -1.35. The topological polar surface area (TPSA) is 32.3 Å². The second kappa shape index (κ2) is 4.64. The molecule has 1 saturated heterocycles. The van der Waals surface area contributed by atoms with E-state index in [1.54, 1.807) is 0 Å². The van der Waals surface area contributed by atoms with E-state index < -0.39 is 5.54 Å². The lowest BCUT2D eigenvalue weighted by Crippen LogP contribution is -2.65. The fourth-order valence-electron chi connectivity index (χ4n) is 3.21. The monoisotopic (exact) mass is 260 g/mol. The van der Waals surface area contributed by atoms with Crippen LogP contribution in [0.5, 0.6) is 0 Å². The normalized spacial score (nSPS) is 22.7. The zero-order valence-electron chi connectivity index (χ0n) is 12.8. The van der Waals surface area contributed by atoms with Gasteiger partial charge in [-0.2, -0.15) is 0 Å². The number of benzene rings is 1. The number of hydrogen-bond acceptors (Lipinski definition) is 2. The average Bonchev–Trinajstić information content (AvgIpc) is 2.22. The molecule has 1 atom stereocenters. The number of anilines is 1. The minimum atomic E-state index is -0.499. The van der Waals surface area contributed by atoms with E-state index >= 15 is 0 Å². The van der Waals surface area contributed by atoms with Crippen molar-refractivity contribution >= 4 is 11.6 Å². The molecule has 0 bridgehead atoms. The highest BCUT2D eigenvalue weighted by Gasteiger charge is 2.39. The van der Waals surface area contributed by atoms with E-state index in [4.69, 9.17) is 0 Å². The number of carbonyl (C=O) groups excluding carboxylic acids is 1. The molecule has 3 heteroatoms. The van der Waals surface area contributed by atoms with Gasteiger partial charge in [-0.25, -0.2) is 0 Å². The first-order valence-corrected chi connectivity index (χ1v) is 6.90. The molecule has 0 aromatic heterocycles. The second-order valence-corrected chi connectivity index (χ2v) is 6.33. The molecule has 1 amide bonds. The first-order valence-electron chi connectivity index (χ1n) is 6.90. The summed E-state index contributed by atoms with van der Waals surface area (Å²) in [6.07, 6.45) is 0. The van der Waals surface area contributed by atoms with Crippen LogP contribution in [0.25, 0.3) is 0 Å². The molecule has 1 heterocycles. The minimum Gasteiger partial charge on any atom is -0.309 e. The summed E-state index contributed by atoms with van der Waals surface area (Å²) in [7, 11) is 0. The van der Waals surface area contributed by atoms with E-state index in [9.17, 15) is 4.79 Å². The molecule has 2 rings (SSSR count). The van der Waals surface area contributed by atoms with Crippen LogP contribution in [-0.4, -0.2) is 24.0 Å². The number of amides is 1. The molecule has 19 heavy (non-hydrogen) atoms. The summed E-state index contributed by atoms with van der Waals surface area (Å²) in [4.78, 5) is 14.6. The Bertz CT molecular complexity index is 496. The van der Waals surface area contributed by atoms with Gasteiger partial charge in [0.2, 0.25) is 5.91 Å². The molecule has 1 fully saturated rings. The summed E-state index contributed by atoms with van der Waals surface area (Å²) in [5.41, 5.74) is 4.18. The maximum absolute atomic E-state index is 12.6. The number of hydrogen-bond donors (Lipinski definition) is 1. The van der Waals surface area contributed by atoms with E-state index in [-0.39, 0.29) is 5.91 Å². The highest BCUT2D eigenvalue weighted by molar-refractivity contribution is 6.01. The molecule has 1 aromatic rings. The minimum absolute atomic E-state index is 0.153. The summed E-state index contributed by atoms with van der Waals surface area (Å²) < 4.78 is 0. The number of nitrogens with zero attached hydrogens (tertiary/aromatic N) is 1. The highest BCUT2D eigenvalue weighted by atomic mass is 16.2. The maximum atomic E-state index is 12.6. The van der Waals surface area contributed by atoms with Gasteiger partial charge in [-0.1, -0.05) is 17.7 Å². The molecule has 0 aliphatic carbocycles. The summed E-state index contributed by atoms with van der Waals surface area (Å²) in [6, 6.07) is 4.60. The maximum Gasteiger partial charge on any atom is 0.246 e. The standard InChI is InChI=1S/C16H24N2O/c1-10-7-11(2)14(12(3)8-10)18-9-13(4)17-16(5,6)15(18)19/h7-8,13,17H,9H2,1-6H3. The summed E-state index contributed by atoms with van der Waals surface area (Å²) in [5.74, 6) is 0.153. The fraction of sp³-hybridized carbons (Fsp3) is 0.562. The molecule has 1 aliphatic rings. The Kier molecular flexibility index (Phi) is 3.43. The zero-order chi connectivity index (χ0) is 14.4. The molecule has 0 spiro atoms. The van der Waals surface area contributed by atoms with Crippen molar-refractivity contribution in [1.29, 1.82) is 0 Å². The number of carbonyl (C=O) groups is 1. The van der Waals surface area contributed by atoms with Gasteiger partial charge in [-0.3, -0.25) is 10.1 Å². The van der Waals surface area contributed by atoms with Crippen molar-refractivity contribution in [1.82, 2.24) is 5.32 Å². The van der Waals surface area contributed by atoms with Gasteiger partial charge in [-0.15, -0.1) is 0 Å². The predicted molar refractivity (Wildman–Crippen MR) is 79.7 cm³/mol. The van der Waals surface area contributed by atoms with Crippen LogP contribution in [0.4, 0.5) is 5.69 Å². The van der Waals surface area contributed by atoms with Crippen molar-refractivity contribution in [2.75, 3.05) is 11.4 Å². The third kappa shape index (κ3) is 2.52. The van der Waals surface area contributed by atoms with Gasteiger partial charge in [0.15, 0.2) is 0 Å². The van der Waals surface area contributed by atoms with Crippen LogP contribution in [-0.2, 0) is 4.79 Å². The van der Waals surface area contributed by atoms with Crippen molar-refractivity contribution in [3.05, 3.63) is 28.8 Å². The number of rotatable bonds is 1. The first kappa shape index (κ1) is 14.1.